The topological polar surface area (TPSA) is 37.8 Å². The van der Waals surface area contributed by atoms with Gasteiger partial charge >= 0.3 is 0 Å². The van der Waals surface area contributed by atoms with E-state index in [9.17, 15) is 0 Å². The minimum atomic E-state index is 0.232. The van der Waals surface area contributed by atoms with E-state index < -0.39 is 0 Å². The fraction of sp³-hybridized carbons (Fsp3) is 0.333. The van der Waals surface area contributed by atoms with Crippen molar-refractivity contribution in [2.24, 2.45) is 0 Å². The van der Waals surface area contributed by atoms with Gasteiger partial charge in [0.05, 0.1) is 11.4 Å². The molecular formula is C12H15N3S. The van der Waals surface area contributed by atoms with Crippen LogP contribution in [0.1, 0.15) is 29.2 Å². The van der Waals surface area contributed by atoms with Crippen molar-refractivity contribution in [1.29, 1.82) is 0 Å². The van der Waals surface area contributed by atoms with Crippen LogP contribution in [0.3, 0.4) is 0 Å². The van der Waals surface area contributed by atoms with Crippen LogP contribution in [-0.4, -0.2) is 9.97 Å². The zero-order chi connectivity index (χ0) is 11.4. The van der Waals surface area contributed by atoms with Crippen molar-refractivity contribution in [3.05, 3.63) is 46.2 Å². The Balaban J connectivity index is 1.98. The monoisotopic (exact) mass is 233 g/mol. The molecule has 1 unspecified atom stereocenters. The number of nitrogens with zero attached hydrogens (tertiary/aromatic N) is 2. The number of nitrogens with one attached hydrogen (secondary N) is 1. The number of hydrogen-bond acceptors (Lipinski definition) is 4. The van der Waals surface area contributed by atoms with Gasteiger partial charge in [-0.15, -0.1) is 11.3 Å². The summed E-state index contributed by atoms with van der Waals surface area (Å²) < 4.78 is 0. The van der Waals surface area contributed by atoms with Crippen molar-refractivity contribution >= 4 is 11.3 Å². The van der Waals surface area contributed by atoms with Gasteiger partial charge in [-0.3, -0.25) is 9.97 Å². The molecular weight excluding hydrogens is 218 g/mol. The van der Waals surface area contributed by atoms with Crippen LogP contribution in [0.15, 0.2) is 29.9 Å². The number of hydrogen-bond donors (Lipinski definition) is 1. The molecule has 2 aromatic heterocycles. The zero-order valence-corrected chi connectivity index (χ0v) is 10.3. The van der Waals surface area contributed by atoms with Crippen LogP contribution >= 0.6 is 11.3 Å². The van der Waals surface area contributed by atoms with Gasteiger partial charge in [0, 0.05) is 29.9 Å². The van der Waals surface area contributed by atoms with E-state index in [1.54, 1.807) is 23.7 Å². The highest BCUT2D eigenvalue weighted by atomic mass is 32.1. The van der Waals surface area contributed by atoms with E-state index in [1.807, 2.05) is 6.92 Å². The molecule has 84 valence electrons. The van der Waals surface area contributed by atoms with Gasteiger partial charge in [-0.2, -0.15) is 0 Å². The molecule has 3 nitrogen and oxygen atoms in total. The third-order valence-electron chi connectivity index (χ3n) is 2.49. The molecule has 2 rings (SSSR count). The first kappa shape index (κ1) is 11.2. The first-order chi connectivity index (χ1) is 7.77. The normalized spacial score (nSPS) is 12.6. The van der Waals surface area contributed by atoms with E-state index in [-0.39, 0.29) is 6.04 Å². The second kappa shape index (κ2) is 5.18. The summed E-state index contributed by atoms with van der Waals surface area (Å²) in [5.74, 6) is 0. The van der Waals surface area contributed by atoms with E-state index in [0.29, 0.717) is 0 Å². The highest BCUT2D eigenvalue weighted by Gasteiger charge is 2.09. The Morgan fingerprint density at radius 3 is 2.88 bits per heavy atom. The third-order valence-corrected chi connectivity index (χ3v) is 3.37. The molecule has 0 aromatic carbocycles. The molecule has 4 heteroatoms. The van der Waals surface area contributed by atoms with Gasteiger partial charge in [0.1, 0.15) is 0 Å². The average Bonchev–Trinajstić information content (AvgIpc) is 2.79. The summed E-state index contributed by atoms with van der Waals surface area (Å²) in [4.78, 5) is 9.94. The van der Waals surface area contributed by atoms with Crippen molar-refractivity contribution in [2.75, 3.05) is 0 Å². The molecule has 0 saturated heterocycles. The second-order valence-corrected chi connectivity index (χ2v) is 4.74. The van der Waals surface area contributed by atoms with Gasteiger partial charge in [-0.25, -0.2) is 0 Å². The van der Waals surface area contributed by atoms with Crippen molar-refractivity contribution in [3.63, 3.8) is 0 Å². The lowest BCUT2D eigenvalue weighted by Gasteiger charge is -2.13. The van der Waals surface area contributed by atoms with Crippen LogP contribution in [0.25, 0.3) is 0 Å². The molecule has 2 aromatic rings. The predicted molar refractivity (Wildman–Crippen MR) is 66.3 cm³/mol. The van der Waals surface area contributed by atoms with Gasteiger partial charge in [0.15, 0.2) is 0 Å². The minimum absolute atomic E-state index is 0.232. The molecule has 0 saturated carbocycles. The predicted octanol–water partition coefficient (Wildman–Crippen LogP) is 2.70. The quantitative estimate of drug-likeness (QED) is 0.882. The van der Waals surface area contributed by atoms with Crippen molar-refractivity contribution in [1.82, 2.24) is 15.3 Å². The minimum Gasteiger partial charge on any atom is -0.304 e. The molecule has 1 atom stereocenters. The molecule has 16 heavy (non-hydrogen) atoms. The smallest absolute Gasteiger partial charge is 0.0782 e. The summed E-state index contributed by atoms with van der Waals surface area (Å²) in [6.45, 7) is 4.99. The second-order valence-electron chi connectivity index (χ2n) is 3.71. The lowest BCUT2D eigenvalue weighted by molar-refractivity contribution is 0.559. The molecule has 0 spiro atoms. The van der Waals surface area contributed by atoms with E-state index in [1.165, 1.54) is 4.88 Å². The summed E-state index contributed by atoms with van der Waals surface area (Å²) >= 11 is 1.77. The Kier molecular flexibility index (Phi) is 3.64. The van der Waals surface area contributed by atoms with Crippen molar-refractivity contribution in [3.8, 4) is 0 Å². The molecule has 0 bridgehead atoms. The lowest BCUT2D eigenvalue weighted by atomic mass is 10.2. The number of aromatic nitrogens is 2. The fourth-order valence-corrected chi connectivity index (χ4v) is 2.26. The molecule has 0 aliphatic rings. The summed E-state index contributed by atoms with van der Waals surface area (Å²) in [6.07, 6.45) is 3.47. The fourth-order valence-electron chi connectivity index (χ4n) is 1.61. The maximum Gasteiger partial charge on any atom is 0.0782 e. The van der Waals surface area contributed by atoms with Crippen molar-refractivity contribution < 1.29 is 0 Å². The largest absolute Gasteiger partial charge is 0.304 e. The van der Waals surface area contributed by atoms with E-state index in [0.717, 1.165) is 17.9 Å². The SMILES string of the molecule is Cc1nccnc1C(C)NCc1cccs1. The highest BCUT2D eigenvalue weighted by molar-refractivity contribution is 7.09. The molecule has 2 heterocycles. The standard InChI is InChI=1S/C12H15N3S/c1-9-12(14-6-5-13-9)10(2)15-8-11-4-3-7-16-11/h3-7,10,15H,8H2,1-2H3. The Hall–Kier alpha value is -1.26. The Morgan fingerprint density at radius 2 is 2.19 bits per heavy atom. The molecule has 0 fully saturated rings. The Bertz CT molecular complexity index is 439. The average molecular weight is 233 g/mol. The van der Waals surface area contributed by atoms with Gasteiger partial charge < -0.3 is 5.32 Å². The zero-order valence-electron chi connectivity index (χ0n) is 9.47. The number of aryl methyl sites for hydroxylation is 1. The third kappa shape index (κ3) is 2.65. The van der Waals surface area contributed by atoms with Gasteiger partial charge in [0.25, 0.3) is 0 Å². The summed E-state index contributed by atoms with van der Waals surface area (Å²) in [5.41, 5.74) is 2.02. The molecule has 0 aliphatic carbocycles. The van der Waals surface area contributed by atoms with E-state index in [4.69, 9.17) is 0 Å². The van der Waals surface area contributed by atoms with Crippen LogP contribution in [0.4, 0.5) is 0 Å². The lowest BCUT2D eigenvalue weighted by Crippen LogP contribution is -2.19. The first-order valence-electron chi connectivity index (χ1n) is 5.30. The van der Waals surface area contributed by atoms with E-state index in [2.05, 4.69) is 39.7 Å². The Morgan fingerprint density at radius 1 is 1.38 bits per heavy atom. The van der Waals surface area contributed by atoms with Crippen LogP contribution < -0.4 is 5.32 Å². The summed E-state index contributed by atoms with van der Waals surface area (Å²) in [5, 5.41) is 5.54. The van der Waals surface area contributed by atoms with Gasteiger partial charge in [-0.1, -0.05) is 6.07 Å². The molecule has 0 amide bonds. The van der Waals surface area contributed by atoms with Crippen LogP contribution in [0, 0.1) is 6.92 Å². The molecule has 0 aliphatic heterocycles. The van der Waals surface area contributed by atoms with Crippen LogP contribution in [-0.2, 0) is 6.54 Å². The molecule has 1 N–H and O–H groups in total. The van der Waals surface area contributed by atoms with Crippen LogP contribution in [0.5, 0.6) is 0 Å². The summed E-state index contributed by atoms with van der Waals surface area (Å²) in [6, 6.07) is 4.43. The number of rotatable bonds is 4. The van der Waals surface area contributed by atoms with Gasteiger partial charge in [-0.05, 0) is 25.3 Å². The van der Waals surface area contributed by atoms with Crippen molar-refractivity contribution in [2.45, 2.75) is 26.4 Å². The number of thiophene rings is 1. The molecule has 0 radical (unpaired) electrons. The van der Waals surface area contributed by atoms with E-state index >= 15 is 0 Å². The first-order valence-corrected chi connectivity index (χ1v) is 6.18. The summed E-state index contributed by atoms with van der Waals surface area (Å²) in [7, 11) is 0. The highest BCUT2D eigenvalue weighted by Crippen LogP contribution is 2.14. The Labute approximate surface area is 99.6 Å². The maximum absolute atomic E-state index is 4.36. The van der Waals surface area contributed by atoms with Gasteiger partial charge in [0.2, 0.25) is 0 Å². The van der Waals surface area contributed by atoms with Crippen LogP contribution in [0.2, 0.25) is 0 Å². The maximum atomic E-state index is 4.36.